The van der Waals surface area contributed by atoms with E-state index >= 15 is 0 Å². The van der Waals surface area contributed by atoms with Gasteiger partial charge in [0.15, 0.2) is 0 Å². The Morgan fingerprint density at radius 1 is 1.05 bits per heavy atom. The van der Waals surface area contributed by atoms with Crippen molar-refractivity contribution in [2.24, 2.45) is 22.7 Å². The van der Waals surface area contributed by atoms with Gasteiger partial charge in [-0.15, -0.1) is 0 Å². The average Bonchev–Trinajstić information content (AvgIpc) is 2.98. The number of ether oxygens (including phenoxy) is 1. The zero-order chi connectivity index (χ0) is 16.5. The van der Waals surface area contributed by atoms with E-state index in [1.807, 2.05) is 20.8 Å². The molecule has 0 aromatic carbocycles. The van der Waals surface area contributed by atoms with E-state index in [0.29, 0.717) is 5.92 Å². The Hall–Kier alpha value is -0.570. The standard InChI is InChI=1S/C18H35NO2/c1-16(2,3)15(20)19-12-18(7,8)10-13-9-14(13)11-21-17(4,5)6/h13-14H,9-12H2,1-8H3,(H,19,20). The smallest absolute Gasteiger partial charge is 0.225 e. The third kappa shape index (κ3) is 7.30. The van der Waals surface area contributed by atoms with Gasteiger partial charge in [0.2, 0.25) is 5.91 Å². The van der Waals surface area contributed by atoms with Gasteiger partial charge in [-0.05, 0) is 50.9 Å². The SMILES string of the molecule is CC(C)(CNC(=O)C(C)(C)C)CC1CC1COC(C)(C)C. The fourth-order valence-corrected chi connectivity index (χ4v) is 2.49. The highest BCUT2D eigenvalue weighted by Crippen LogP contribution is 2.46. The average molecular weight is 297 g/mol. The molecular weight excluding hydrogens is 262 g/mol. The maximum absolute atomic E-state index is 12.0. The van der Waals surface area contributed by atoms with E-state index in [1.165, 1.54) is 6.42 Å². The number of rotatable bonds is 6. The Morgan fingerprint density at radius 3 is 2.10 bits per heavy atom. The first-order valence-electron chi connectivity index (χ1n) is 8.22. The van der Waals surface area contributed by atoms with Crippen LogP contribution in [0, 0.1) is 22.7 Å². The van der Waals surface area contributed by atoms with Crippen molar-refractivity contribution in [3.05, 3.63) is 0 Å². The molecule has 1 aliphatic rings. The summed E-state index contributed by atoms with van der Waals surface area (Å²) in [5, 5.41) is 3.10. The van der Waals surface area contributed by atoms with Crippen LogP contribution >= 0.6 is 0 Å². The molecule has 3 nitrogen and oxygen atoms in total. The summed E-state index contributed by atoms with van der Waals surface area (Å²) in [6.07, 6.45) is 2.43. The lowest BCUT2D eigenvalue weighted by Crippen LogP contribution is -2.40. The Kier molecular flexibility index (Phi) is 5.52. The van der Waals surface area contributed by atoms with E-state index in [4.69, 9.17) is 4.74 Å². The summed E-state index contributed by atoms with van der Waals surface area (Å²) >= 11 is 0. The number of hydrogen-bond acceptors (Lipinski definition) is 2. The van der Waals surface area contributed by atoms with Crippen molar-refractivity contribution < 1.29 is 9.53 Å². The van der Waals surface area contributed by atoms with Crippen molar-refractivity contribution in [2.75, 3.05) is 13.2 Å². The van der Waals surface area contributed by atoms with Crippen molar-refractivity contribution in [3.63, 3.8) is 0 Å². The van der Waals surface area contributed by atoms with Gasteiger partial charge in [0.25, 0.3) is 0 Å². The Labute approximate surface area is 131 Å². The van der Waals surface area contributed by atoms with Crippen LogP contribution in [0.3, 0.4) is 0 Å². The Balaban J connectivity index is 2.30. The van der Waals surface area contributed by atoms with Crippen LogP contribution in [0.2, 0.25) is 0 Å². The minimum absolute atomic E-state index is 0.0384. The third-order valence-electron chi connectivity index (χ3n) is 4.02. The van der Waals surface area contributed by atoms with Gasteiger partial charge >= 0.3 is 0 Å². The van der Waals surface area contributed by atoms with Crippen LogP contribution in [0.25, 0.3) is 0 Å². The van der Waals surface area contributed by atoms with Gasteiger partial charge in [0.05, 0.1) is 12.2 Å². The zero-order valence-electron chi connectivity index (χ0n) is 15.3. The fourth-order valence-electron chi connectivity index (χ4n) is 2.49. The molecular formula is C18H35NO2. The van der Waals surface area contributed by atoms with E-state index in [-0.39, 0.29) is 22.3 Å². The van der Waals surface area contributed by atoms with Crippen molar-refractivity contribution >= 4 is 5.91 Å². The van der Waals surface area contributed by atoms with Gasteiger partial charge in [-0.3, -0.25) is 4.79 Å². The molecule has 0 saturated heterocycles. The molecule has 0 bridgehead atoms. The first-order valence-corrected chi connectivity index (χ1v) is 8.22. The lowest BCUT2D eigenvalue weighted by atomic mass is 9.85. The van der Waals surface area contributed by atoms with Crippen LogP contribution in [0.15, 0.2) is 0 Å². The van der Waals surface area contributed by atoms with Crippen LogP contribution < -0.4 is 5.32 Å². The molecule has 0 aromatic heterocycles. The summed E-state index contributed by atoms with van der Waals surface area (Å²) in [6, 6.07) is 0. The molecule has 21 heavy (non-hydrogen) atoms. The second-order valence-corrected chi connectivity index (χ2v) is 9.48. The molecule has 1 rings (SSSR count). The van der Waals surface area contributed by atoms with Crippen LogP contribution in [-0.2, 0) is 9.53 Å². The third-order valence-corrected chi connectivity index (χ3v) is 4.02. The van der Waals surface area contributed by atoms with Gasteiger partial charge in [0.1, 0.15) is 0 Å². The molecule has 0 heterocycles. The van der Waals surface area contributed by atoms with E-state index in [0.717, 1.165) is 25.5 Å². The highest BCUT2D eigenvalue weighted by molar-refractivity contribution is 5.81. The summed E-state index contributed by atoms with van der Waals surface area (Å²) in [5.74, 6) is 1.61. The Bertz CT molecular complexity index is 360. The molecule has 124 valence electrons. The van der Waals surface area contributed by atoms with Crippen LogP contribution in [-0.4, -0.2) is 24.7 Å². The number of nitrogens with one attached hydrogen (secondary N) is 1. The normalized spacial score (nSPS) is 23.0. The second kappa shape index (κ2) is 6.28. The van der Waals surface area contributed by atoms with Crippen LogP contribution in [0.1, 0.15) is 68.2 Å². The van der Waals surface area contributed by atoms with E-state index in [2.05, 4.69) is 39.9 Å². The molecule has 0 aromatic rings. The number of amides is 1. The summed E-state index contributed by atoms with van der Waals surface area (Å²) in [5.41, 5.74) is -0.190. The minimum atomic E-state index is -0.307. The lowest BCUT2D eigenvalue weighted by Gasteiger charge is -2.28. The summed E-state index contributed by atoms with van der Waals surface area (Å²) in [6.45, 7) is 18.3. The van der Waals surface area contributed by atoms with Gasteiger partial charge in [-0.1, -0.05) is 34.6 Å². The van der Waals surface area contributed by atoms with Gasteiger partial charge in [0, 0.05) is 12.0 Å². The van der Waals surface area contributed by atoms with Gasteiger partial charge in [-0.25, -0.2) is 0 Å². The molecule has 1 saturated carbocycles. The van der Waals surface area contributed by atoms with Crippen molar-refractivity contribution in [2.45, 2.75) is 73.8 Å². The molecule has 1 aliphatic carbocycles. The van der Waals surface area contributed by atoms with E-state index in [1.54, 1.807) is 0 Å². The summed E-state index contributed by atoms with van der Waals surface area (Å²) in [4.78, 5) is 12.0. The monoisotopic (exact) mass is 297 g/mol. The fraction of sp³-hybridized carbons (Fsp3) is 0.944. The van der Waals surface area contributed by atoms with Crippen molar-refractivity contribution in [1.82, 2.24) is 5.32 Å². The quantitative estimate of drug-likeness (QED) is 0.804. The zero-order valence-corrected chi connectivity index (χ0v) is 15.3. The topological polar surface area (TPSA) is 38.3 Å². The highest BCUT2D eigenvalue weighted by atomic mass is 16.5. The predicted molar refractivity (Wildman–Crippen MR) is 88.2 cm³/mol. The summed E-state index contributed by atoms with van der Waals surface area (Å²) < 4.78 is 5.87. The maximum Gasteiger partial charge on any atom is 0.225 e. The molecule has 2 atom stereocenters. The van der Waals surface area contributed by atoms with E-state index < -0.39 is 0 Å². The number of hydrogen-bond donors (Lipinski definition) is 1. The van der Waals surface area contributed by atoms with Gasteiger partial charge < -0.3 is 10.1 Å². The molecule has 1 fully saturated rings. The van der Waals surface area contributed by atoms with Crippen molar-refractivity contribution in [3.8, 4) is 0 Å². The largest absolute Gasteiger partial charge is 0.376 e. The summed E-state index contributed by atoms with van der Waals surface area (Å²) in [7, 11) is 0. The molecule has 0 radical (unpaired) electrons. The predicted octanol–water partition coefficient (Wildman–Crippen LogP) is 4.02. The molecule has 0 aliphatic heterocycles. The molecule has 3 heteroatoms. The first-order chi connectivity index (χ1) is 9.30. The van der Waals surface area contributed by atoms with E-state index in [9.17, 15) is 4.79 Å². The number of carbonyl (C=O) groups is 1. The van der Waals surface area contributed by atoms with Gasteiger partial charge in [-0.2, -0.15) is 0 Å². The molecule has 2 unspecified atom stereocenters. The molecule has 1 N–H and O–H groups in total. The first kappa shape index (κ1) is 18.5. The highest BCUT2D eigenvalue weighted by Gasteiger charge is 2.41. The van der Waals surface area contributed by atoms with Crippen molar-refractivity contribution in [1.29, 1.82) is 0 Å². The minimum Gasteiger partial charge on any atom is -0.376 e. The maximum atomic E-state index is 12.0. The van der Waals surface area contributed by atoms with Crippen LogP contribution in [0.5, 0.6) is 0 Å². The lowest BCUT2D eigenvalue weighted by molar-refractivity contribution is -0.129. The Morgan fingerprint density at radius 2 is 1.62 bits per heavy atom. The molecule has 1 amide bonds. The molecule has 0 spiro atoms. The second-order valence-electron chi connectivity index (χ2n) is 9.48. The van der Waals surface area contributed by atoms with Crippen LogP contribution in [0.4, 0.5) is 0 Å². The number of carbonyl (C=O) groups excluding carboxylic acids is 1.